The molecule has 0 N–H and O–H groups in total. The number of benzene rings is 1. The summed E-state index contributed by atoms with van der Waals surface area (Å²) in [5.41, 5.74) is 4.53. The van der Waals surface area contributed by atoms with E-state index in [1.165, 1.54) is 17.5 Å². The highest BCUT2D eigenvalue weighted by Crippen LogP contribution is 2.35. The molecule has 25 heavy (non-hydrogen) atoms. The highest BCUT2D eigenvalue weighted by atomic mass is 16.6. The number of carbonyl (C=O) groups is 1. The Morgan fingerprint density at radius 2 is 2.04 bits per heavy atom. The molecule has 0 bridgehead atoms. The fourth-order valence-electron chi connectivity index (χ4n) is 3.53. The molecule has 1 aliphatic carbocycles. The lowest BCUT2D eigenvalue weighted by Gasteiger charge is -2.25. The number of rotatable bonds is 5. The lowest BCUT2D eigenvalue weighted by molar-refractivity contribution is 0.0712. The van der Waals surface area contributed by atoms with Gasteiger partial charge >= 0.3 is 6.09 Å². The first-order valence-electron chi connectivity index (χ1n) is 8.76. The fraction of sp³-hybridized carbons (Fsp3) is 0.500. The van der Waals surface area contributed by atoms with Gasteiger partial charge in [0.1, 0.15) is 11.4 Å². The maximum Gasteiger partial charge on any atom is 0.409 e. The van der Waals surface area contributed by atoms with Gasteiger partial charge in [0.05, 0.1) is 26.5 Å². The van der Waals surface area contributed by atoms with Crippen molar-refractivity contribution in [1.82, 2.24) is 19.9 Å². The second kappa shape index (κ2) is 6.74. The topological polar surface area (TPSA) is 69.5 Å². The normalized spacial score (nSPS) is 16.7. The van der Waals surface area contributed by atoms with Crippen LogP contribution >= 0.6 is 0 Å². The first-order valence-corrected chi connectivity index (χ1v) is 8.76. The predicted octanol–water partition coefficient (Wildman–Crippen LogP) is 2.28. The lowest BCUT2D eigenvalue weighted by Crippen LogP contribution is -2.39. The van der Waals surface area contributed by atoms with E-state index in [2.05, 4.69) is 22.4 Å². The zero-order chi connectivity index (χ0) is 17.2. The first kappa shape index (κ1) is 15.9. The van der Waals surface area contributed by atoms with Gasteiger partial charge in [0, 0.05) is 18.7 Å². The van der Waals surface area contributed by atoms with Crippen molar-refractivity contribution in [2.45, 2.75) is 32.2 Å². The third-order valence-corrected chi connectivity index (χ3v) is 4.88. The average molecular weight is 342 g/mol. The van der Waals surface area contributed by atoms with Gasteiger partial charge in [-0.25, -0.2) is 4.79 Å². The summed E-state index contributed by atoms with van der Waals surface area (Å²) in [6, 6.07) is 4.30. The molecule has 1 aromatic heterocycles. The van der Waals surface area contributed by atoms with Crippen molar-refractivity contribution in [3.05, 3.63) is 29.5 Å². The second-order valence-corrected chi connectivity index (χ2v) is 6.50. The van der Waals surface area contributed by atoms with E-state index < -0.39 is 0 Å². The molecule has 1 saturated heterocycles. The van der Waals surface area contributed by atoms with Gasteiger partial charge in [0.15, 0.2) is 0 Å². The zero-order valence-electron chi connectivity index (χ0n) is 14.4. The van der Waals surface area contributed by atoms with Crippen LogP contribution in [0.1, 0.15) is 24.0 Å². The molecule has 0 radical (unpaired) electrons. The molecular weight excluding hydrogens is 320 g/mol. The van der Waals surface area contributed by atoms with Gasteiger partial charge in [0.2, 0.25) is 0 Å². The van der Waals surface area contributed by atoms with Crippen molar-refractivity contribution in [2.75, 3.05) is 26.8 Å². The molecule has 7 nitrogen and oxygen atoms in total. The number of methoxy groups -OCH3 is 1. The smallest absolute Gasteiger partial charge is 0.409 e. The number of nitrogens with zero attached hydrogens (tertiary/aromatic N) is 4. The molecule has 4 rings (SSSR count). The number of carbonyl (C=O) groups excluding carboxylic acids is 1. The Morgan fingerprint density at radius 1 is 1.20 bits per heavy atom. The predicted molar refractivity (Wildman–Crippen MR) is 91.6 cm³/mol. The second-order valence-electron chi connectivity index (χ2n) is 6.50. The standard InChI is InChI=1S/C18H22N4O3/c1-24-17-11-14-5-2-4-13(14)10-15(17)16-12-22(20-19-16)8-7-21-6-3-9-25-18(21)23/h10-12H,2-9H2,1H3. The summed E-state index contributed by atoms with van der Waals surface area (Å²) in [4.78, 5) is 13.4. The molecule has 1 fully saturated rings. The number of ether oxygens (including phenoxy) is 2. The Hall–Kier alpha value is -2.57. The quantitative estimate of drug-likeness (QED) is 0.834. The van der Waals surface area contributed by atoms with Gasteiger partial charge in [0.25, 0.3) is 0 Å². The van der Waals surface area contributed by atoms with Gasteiger partial charge in [-0.05, 0) is 48.9 Å². The minimum absolute atomic E-state index is 0.244. The number of aryl methyl sites for hydroxylation is 2. The molecule has 1 aliphatic heterocycles. The van der Waals surface area contributed by atoms with Crippen molar-refractivity contribution in [1.29, 1.82) is 0 Å². The fourth-order valence-corrected chi connectivity index (χ4v) is 3.53. The van der Waals surface area contributed by atoms with Crippen LogP contribution in [0.2, 0.25) is 0 Å². The lowest BCUT2D eigenvalue weighted by atomic mass is 10.0. The number of cyclic esters (lactones) is 1. The number of hydrogen-bond donors (Lipinski definition) is 0. The molecule has 7 heteroatoms. The van der Waals surface area contributed by atoms with E-state index in [-0.39, 0.29) is 6.09 Å². The van der Waals surface area contributed by atoms with E-state index in [9.17, 15) is 4.79 Å². The van der Waals surface area contributed by atoms with E-state index in [0.717, 1.165) is 42.8 Å². The van der Waals surface area contributed by atoms with Crippen LogP contribution in [0, 0.1) is 0 Å². The molecule has 132 valence electrons. The molecule has 0 saturated carbocycles. The molecule has 2 aromatic rings. The van der Waals surface area contributed by atoms with Crippen LogP contribution < -0.4 is 4.74 Å². The Morgan fingerprint density at radius 3 is 2.84 bits per heavy atom. The maximum atomic E-state index is 11.7. The summed E-state index contributed by atoms with van der Waals surface area (Å²) < 4.78 is 12.4. The summed E-state index contributed by atoms with van der Waals surface area (Å²) in [5.74, 6) is 0.840. The van der Waals surface area contributed by atoms with Crippen molar-refractivity contribution in [3.8, 4) is 17.0 Å². The van der Waals surface area contributed by atoms with E-state index >= 15 is 0 Å². The van der Waals surface area contributed by atoms with E-state index in [0.29, 0.717) is 19.7 Å². The van der Waals surface area contributed by atoms with Gasteiger partial charge < -0.3 is 14.4 Å². The Balaban J connectivity index is 1.50. The maximum absolute atomic E-state index is 11.7. The van der Waals surface area contributed by atoms with Crippen LogP contribution in [0.4, 0.5) is 4.79 Å². The zero-order valence-corrected chi connectivity index (χ0v) is 14.4. The minimum atomic E-state index is -0.244. The first-order chi connectivity index (χ1) is 12.2. The molecule has 2 heterocycles. The van der Waals surface area contributed by atoms with E-state index in [1.54, 1.807) is 16.7 Å². The SMILES string of the molecule is COc1cc2c(cc1-c1cn(CCN3CCCOC3=O)nn1)CCC2. The Labute approximate surface area is 146 Å². The van der Waals surface area contributed by atoms with E-state index in [4.69, 9.17) is 9.47 Å². The highest BCUT2D eigenvalue weighted by molar-refractivity contribution is 5.69. The number of hydrogen-bond acceptors (Lipinski definition) is 5. The monoisotopic (exact) mass is 342 g/mol. The molecular formula is C18H22N4O3. The largest absolute Gasteiger partial charge is 0.496 e. The van der Waals surface area contributed by atoms with Crippen LogP contribution in [0.5, 0.6) is 5.75 Å². The van der Waals surface area contributed by atoms with Gasteiger partial charge in [-0.3, -0.25) is 4.68 Å². The molecule has 0 unspecified atom stereocenters. The summed E-state index contributed by atoms with van der Waals surface area (Å²) in [6.07, 6.45) is 5.96. The molecule has 1 amide bonds. The molecule has 1 aromatic carbocycles. The Kier molecular flexibility index (Phi) is 4.29. The van der Waals surface area contributed by atoms with Crippen molar-refractivity contribution in [3.63, 3.8) is 0 Å². The highest BCUT2D eigenvalue weighted by Gasteiger charge is 2.20. The third kappa shape index (κ3) is 3.18. The van der Waals surface area contributed by atoms with Crippen LogP contribution in [-0.2, 0) is 24.1 Å². The summed E-state index contributed by atoms with van der Waals surface area (Å²) in [5, 5.41) is 8.50. The molecule has 0 spiro atoms. The minimum Gasteiger partial charge on any atom is -0.496 e. The average Bonchev–Trinajstić information content (AvgIpc) is 3.28. The molecule has 2 aliphatic rings. The van der Waals surface area contributed by atoms with Crippen LogP contribution in [0.25, 0.3) is 11.3 Å². The van der Waals surface area contributed by atoms with Gasteiger partial charge in [-0.1, -0.05) is 5.21 Å². The van der Waals surface area contributed by atoms with Crippen molar-refractivity contribution < 1.29 is 14.3 Å². The molecule has 0 atom stereocenters. The van der Waals surface area contributed by atoms with Crippen molar-refractivity contribution in [2.24, 2.45) is 0 Å². The number of amides is 1. The summed E-state index contributed by atoms with van der Waals surface area (Å²) >= 11 is 0. The van der Waals surface area contributed by atoms with Crippen molar-refractivity contribution >= 4 is 6.09 Å². The number of fused-ring (bicyclic) bond motifs is 1. The van der Waals surface area contributed by atoms with Gasteiger partial charge in [-0.15, -0.1) is 5.10 Å². The van der Waals surface area contributed by atoms with Crippen LogP contribution in [-0.4, -0.2) is 52.8 Å². The van der Waals surface area contributed by atoms with Gasteiger partial charge in [-0.2, -0.15) is 0 Å². The van der Waals surface area contributed by atoms with Crippen LogP contribution in [0.15, 0.2) is 18.3 Å². The summed E-state index contributed by atoms with van der Waals surface area (Å²) in [7, 11) is 1.69. The third-order valence-electron chi connectivity index (χ3n) is 4.88. The number of aromatic nitrogens is 3. The summed E-state index contributed by atoms with van der Waals surface area (Å²) in [6.45, 7) is 2.41. The van der Waals surface area contributed by atoms with Crippen LogP contribution in [0.3, 0.4) is 0 Å². The van der Waals surface area contributed by atoms with E-state index in [1.807, 2.05) is 6.20 Å². The Bertz CT molecular complexity index is 787.